The number of hydrogen-bond donors (Lipinski definition) is 1. The second kappa shape index (κ2) is 4.09. The molecule has 0 aromatic rings. The zero-order valence-corrected chi connectivity index (χ0v) is 6.89. The van der Waals surface area contributed by atoms with Crippen molar-refractivity contribution in [3.63, 3.8) is 0 Å². The number of halogens is 1. The third-order valence-corrected chi connectivity index (χ3v) is 1.66. The molecule has 0 saturated carbocycles. The summed E-state index contributed by atoms with van der Waals surface area (Å²) in [5, 5.41) is 8.86. The van der Waals surface area contributed by atoms with Crippen LogP contribution in [-0.2, 0) is 0 Å². The topological polar surface area (TPSA) is 23.5 Å². The number of aliphatic hydroxyl groups excluding tert-OH is 1. The molecule has 3 heteroatoms. The van der Waals surface area contributed by atoms with E-state index in [9.17, 15) is 0 Å². The molecule has 0 aliphatic carbocycles. The van der Waals surface area contributed by atoms with Crippen molar-refractivity contribution in [1.29, 1.82) is 0 Å². The Morgan fingerprint density at radius 1 is 1.56 bits per heavy atom. The van der Waals surface area contributed by atoms with Crippen molar-refractivity contribution < 1.29 is 5.11 Å². The van der Waals surface area contributed by atoms with E-state index in [1.54, 1.807) is 6.92 Å². The maximum atomic E-state index is 8.86. The molecule has 0 heterocycles. The first-order chi connectivity index (χ1) is 4.04. The van der Waals surface area contributed by atoms with Crippen LogP contribution in [0.25, 0.3) is 0 Å². The molecular weight excluding hydrogens is 138 g/mol. The van der Waals surface area contributed by atoms with Gasteiger partial charge in [0.25, 0.3) is 0 Å². The van der Waals surface area contributed by atoms with Crippen LogP contribution < -0.4 is 0 Å². The van der Waals surface area contributed by atoms with Crippen LogP contribution in [0.2, 0.25) is 0 Å². The summed E-state index contributed by atoms with van der Waals surface area (Å²) >= 11 is 5.78. The van der Waals surface area contributed by atoms with Crippen molar-refractivity contribution in [3.05, 3.63) is 0 Å². The smallest absolute Gasteiger partial charge is 0.0870 e. The quantitative estimate of drug-likeness (QED) is 0.478. The fourth-order valence-corrected chi connectivity index (χ4v) is 0.750. The van der Waals surface area contributed by atoms with Gasteiger partial charge in [-0.1, -0.05) is 0 Å². The van der Waals surface area contributed by atoms with Crippen LogP contribution in [0, 0.1) is 0 Å². The zero-order valence-electron chi connectivity index (χ0n) is 6.13. The molecule has 0 bridgehead atoms. The van der Waals surface area contributed by atoms with Gasteiger partial charge in [0.15, 0.2) is 0 Å². The van der Waals surface area contributed by atoms with Crippen molar-refractivity contribution in [2.75, 3.05) is 14.1 Å². The molecule has 1 N–H and O–H groups in total. The minimum Gasteiger partial charge on any atom is -0.393 e. The van der Waals surface area contributed by atoms with Crippen molar-refractivity contribution in [1.82, 2.24) is 4.90 Å². The largest absolute Gasteiger partial charge is 0.393 e. The first-order valence-electron chi connectivity index (χ1n) is 3.02. The predicted octanol–water partition coefficient (Wildman–Crippen LogP) is 0.884. The molecule has 0 aliphatic heterocycles. The summed E-state index contributed by atoms with van der Waals surface area (Å²) in [4.78, 5) is 1.87. The van der Waals surface area contributed by atoms with E-state index < -0.39 is 0 Å². The molecule has 0 fully saturated rings. The highest BCUT2D eigenvalue weighted by atomic mass is 35.5. The molecule has 0 rings (SSSR count). The summed E-state index contributed by atoms with van der Waals surface area (Å²) in [6.07, 6.45) is 0.309. The minimum atomic E-state index is -0.310. The van der Waals surface area contributed by atoms with Gasteiger partial charge in [0.1, 0.15) is 0 Å². The van der Waals surface area contributed by atoms with Gasteiger partial charge >= 0.3 is 0 Å². The van der Waals surface area contributed by atoms with Gasteiger partial charge in [0.2, 0.25) is 0 Å². The van der Waals surface area contributed by atoms with Gasteiger partial charge in [-0.2, -0.15) is 0 Å². The van der Waals surface area contributed by atoms with Gasteiger partial charge in [0, 0.05) is 6.42 Å². The summed E-state index contributed by atoms with van der Waals surface area (Å²) in [6.45, 7) is 1.74. The first-order valence-corrected chi connectivity index (χ1v) is 3.46. The van der Waals surface area contributed by atoms with Gasteiger partial charge in [-0.15, -0.1) is 11.6 Å². The number of nitrogens with zero attached hydrogens (tertiary/aromatic N) is 1. The van der Waals surface area contributed by atoms with E-state index in [0.717, 1.165) is 0 Å². The van der Waals surface area contributed by atoms with E-state index in [0.29, 0.717) is 6.42 Å². The molecule has 2 atom stereocenters. The third kappa shape index (κ3) is 4.70. The monoisotopic (exact) mass is 151 g/mol. The Morgan fingerprint density at radius 3 is 2.11 bits per heavy atom. The SMILES string of the molecule is CC(O)CC(Cl)N(C)C. The highest BCUT2D eigenvalue weighted by Gasteiger charge is 2.08. The van der Waals surface area contributed by atoms with Gasteiger partial charge in [-0.3, -0.25) is 4.90 Å². The standard InChI is InChI=1S/C6H14ClNO/c1-5(9)4-6(7)8(2)3/h5-6,9H,4H2,1-3H3. The molecule has 0 aliphatic rings. The summed E-state index contributed by atoms with van der Waals surface area (Å²) < 4.78 is 0. The summed E-state index contributed by atoms with van der Waals surface area (Å²) in [5.74, 6) is 0. The van der Waals surface area contributed by atoms with E-state index in [2.05, 4.69) is 0 Å². The summed E-state index contributed by atoms with van der Waals surface area (Å²) in [7, 11) is 3.78. The number of alkyl halides is 1. The molecule has 9 heavy (non-hydrogen) atoms. The van der Waals surface area contributed by atoms with E-state index in [1.165, 1.54) is 0 Å². The Kier molecular flexibility index (Phi) is 4.19. The molecule has 2 nitrogen and oxygen atoms in total. The minimum absolute atomic E-state index is 0.0509. The highest BCUT2D eigenvalue weighted by Crippen LogP contribution is 2.06. The van der Waals surface area contributed by atoms with Crippen LogP contribution >= 0.6 is 11.6 Å². The third-order valence-electron chi connectivity index (χ3n) is 1.10. The van der Waals surface area contributed by atoms with Crippen LogP contribution in [0.1, 0.15) is 13.3 Å². The first kappa shape index (κ1) is 9.21. The fraction of sp³-hybridized carbons (Fsp3) is 1.00. The van der Waals surface area contributed by atoms with E-state index in [1.807, 2.05) is 19.0 Å². The van der Waals surface area contributed by atoms with Crippen LogP contribution in [0.15, 0.2) is 0 Å². The molecule has 0 aromatic heterocycles. The maximum absolute atomic E-state index is 8.86. The van der Waals surface area contributed by atoms with E-state index in [4.69, 9.17) is 16.7 Å². The van der Waals surface area contributed by atoms with Crippen molar-refractivity contribution in [2.45, 2.75) is 24.9 Å². The van der Waals surface area contributed by atoms with Gasteiger partial charge < -0.3 is 5.11 Å². The summed E-state index contributed by atoms with van der Waals surface area (Å²) in [5.41, 5.74) is -0.0509. The lowest BCUT2D eigenvalue weighted by Gasteiger charge is -2.18. The van der Waals surface area contributed by atoms with Gasteiger partial charge in [-0.25, -0.2) is 0 Å². The molecule has 0 spiro atoms. The van der Waals surface area contributed by atoms with Crippen molar-refractivity contribution in [3.8, 4) is 0 Å². The zero-order chi connectivity index (χ0) is 7.44. The van der Waals surface area contributed by atoms with Gasteiger partial charge in [0.05, 0.1) is 11.6 Å². The average molecular weight is 152 g/mol. The Morgan fingerprint density at radius 2 is 2.00 bits per heavy atom. The molecular formula is C6H14ClNO. The number of hydrogen-bond acceptors (Lipinski definition) is 2. The lowest BCUT2D eigenvalue weighted by Crippen LogP contribution is -2.25. The lowest BCUT2D eigenvalue weighted by atomic mass is 10.3. The van der Waals surface area contributed by atoms with Crippen molar-refractivity contribution in [2.24, 2.45) is 0 Å². The second-order valence-corrected chi connectivity index (χ2v) is 2.99. The average Bonchev–Trinajstić information content (AvgIpc) is 1.63. The van der Waals surface area contributed by atoms with Crippen LogP contribution in [0.3, 0.4) is 0 Å². The maximum Gasteiger partial charge on any atom is 0.0870 e. The highest BCUT2D eigenvalue weighted by molar-refractivity contribution is 6.20. The lowest BCUT2D eigenvalue weighted by molar-refractivity contribution is 0.161. The predicted molar refractivity (Wildman–Crippen MR) is 39.6 cm³/mol. The Labute approximate surface area is 61.4 Å². The molecule has 56 valence electrons. The fourth-order valence-electron chi connectivity index (χ4n) is 0.492. The van der Waals surface area contributed by atoms with Crippen LogP contribution in [-0.4, -0.2) is 35.7 Å². The normalized spacial score (nSPS) is 18.0. The van der Waals surface area contributed by atoms with Crippen LogP contribution in [0.5, 0.6) is 0 Å². The van der Waals surface area contributed by atoms with Gasteiger partial charge in [-0.05, 0) is 21.0 Å². The van der Waals surface area contributed by atoms with Crippen molar-refractivity contribution >= 4 is 11.6 Å². The Balaban J connectivity index is 3.38. The molecule has 0 amide bonds. The molecule has 0 saturated heterocycles. The van der Waals surface area contributed by atoms with E-state index in [-0.39, 0.29) is 11.6 Å². The van der Waals surface area contributed by atoms with E-state index >= 15 is 0 Å². The molecule has 2 unspecified atom stereocenters. The van der Waals surface area contributed by atoms with Crippen LogP contribution in [0.4, 0.5) is 0 Å². The number of rotatable bonds is 3. The summed E-state index contributed by atoms with van der Waals surface area (Å²) in [6, 6.07) is 0. The second-order valence-electron chi connectivity index (χ2n) is 2.48. The number of aliphatic hydroxyl groups is 1. The molecule has 0 radical (unpaired) electrons. The Hall–Kier alpha value is 0.210. The molecule has 0 aromatic carbocycles. The Bertz CT molecular complexity index is 75.5.